The first-order valence-electron chi connectivity index (χ1n) is 5.17. The second kappa shape index (κ2) is 5.43. The molecule has 1 aromatic rings. The molecule has 4 nitrogen and oxygen atoms in total. The van der Waals surface area contributed by atoms with Gasteiger partial charge in [-0.1, -0.05) is 12.1 Å². The molecule has 9 heteroatoms. The van der Waals surface area contributed by atoms with Crippen molar-refractivity contribution in [1.82, 2.24) is 5.32 Å². The van der Waals surface area contributed by atoms with Gasteiger partial charge >= 0.3 is 18.0 Å². The summed E-state index contributed by atoms with van der Waals surface area (Å²) in [6, 6.07) is 5.19. The Balaban J connectivity index is 2.75. The molecule has 0 aliphatic rings. The number of amides is 2. The summed E-state index contributed by atoms with van der Waals surface area (Å²) in [5.74, 6) is -8.73. The van der Waals surface area contributed by atoms with E-state index in [4.69, 9.17) is 5.73 Å². The van der Waals surface area contributed by atoms with Crippen LogP contribution in [0.3, 0.4) is 0 Å². The summed E-state index contributed by atoms with van der Waals surface area (Å²) in [5, 5.41) is 1.45. The van der Waals surface area contributed by atoms with Crippen molar-refractivity contribution in [3.05, 3.63) is 35.4 Å². The monoisotopic (exact) mass is 296 g/mol. The van der Waals surface area contributed by atoms with E-state index in [1.807, 2.05) is 0 Å². The lowest BCUT2D eigenvalue weighted by Crippen LogP contribution is -2.50. The Labute approximate surface area is 109 Å². The minimum absolute atomic E-state index is 0.0410. The molecule has 20 heavy (non-hydrogen) atoms. The van der Waals surface area contributed by atoms with Crippen LogP contribution in [-0.4, -0.2) is 23.9 Å². The second-order valence-electron chi connectivity index (χ2n) is 3.82. The average molecular weight is 296 g/mol. The predicted octanol–water partition coefficient (Wildman–Crippen LogP) is 1.60. The van der Waals surface area contributed by atoms with Crippen molar-refractivity contribution in [2.45, 2.75) is 18.6 Å². The topological polar surface area (TPSA) is 72.2 Å². The molecule has 0 saturated carbocycles. The highest BCUT2D eigenvalue weighted by atomic mass is 19.4. The zero-order chi connectivity index (χ0) is 15.6. The average Bonchev–Trinajstić information content (AvgIpc) is 2.34. The Morgan fingerprint density at radius 1 is 1.15 bits per heavy atom. The molecule has 0 atom stereocenters. The Morgan fingerprint density at radius 3 is 2.25 bits per heavy atom. The summed E-state index contributed by atoms with van der Waals surface area (Å²) in [7, 11) is 0. The largest absolute Gasteiger partial charge is 0.463 e. The molecule has 0 bridgehead atoms. The molecule has 1 aromatic carbocycles. The molecule has 110 valence electrons. The molecule has 0 fully saturated rings. The standard InChI is InChI=1S/C11H9F5N2O2/c12-10(13,11(14,15)16)9(20)18-5-6-2-1-3-7(4-6)8(17)19/h1-4H,5H2,(H2,17,19)(H,18,20). The molecule has 0 saturated heterocycles. The van der Waals surface area contributed by atoms with Gasteiger partial charge in [-0.05, 0) is 17.7 Å². The number of primary amides is 1. The number of halogens is 5. The number of nitrogens with two attached hydrogens (primary N) is 1. The first kappa shape index (κ1) is 15.9. The Bertz CT molecular complexity index is 528. The molecular weight excluding hydrogens is 287 g/mol. The lowest BCUT2D eigenvalue weighted by atomic mass is 10.1. The molecule has 0 aromatic heterocycles. The molecule has 0 spiro atoms. The van der Waals surface area contributed by atoms with Crippen LogP contribution >= 0.6 is 0 Å². The molecule has 0 radical (unpaired) electrons. The fourth-order valence-electron chi connectivity index (χ4n) is 1.26. The highest BCUT2D eigenvalue weighted by Gasteiger charge is 2.63. The van der Waals surface area contributed by atoms with Crippen LogP contribution in [0.4, 0.5) is 22.0 Å². The van der Waals surface area contributed by atoms with Gasteiger partial charge in [-0.25, -0.2) is 0 Å². The number of hydrogen-bond acceptors (Lipinski definition) is 2. The molecule has 0 heterocycles. The van der Waals surface area contributed by atoms with Crippen LogP contribution in [0.25, 0.3) is 0 Å². The molecule has 0 aliphatic heterocycles. The Hall–Kier alpha value is -2.19. The maximum absolute atomic E-state index is 12.6. The first-order chi connectivity index (χ1) is 9.05. The first-order valence-corrected chi connectivity index (χ1v) is 5.17. The van der Waals surface area contributed by atoms with E-state index in [0.717, 1.165) is 0 Å². The van der Waals surface area contributed by atoms with E-state index >= 15 is 0 Å². The third-order valence-electron chi connectivity index (χ3n) is 2.31. The van der Waals surface area contributed by atoms with Gasteiger partial charge in [-0.2, -0.15) is 22.0 Å². The van der Waals surface area contributed by atoms with Crippen molar-refractivity contribution >= 4 is 11.8 Å². The van der Waals surface area contributed by atoms with Gasteiger partial charge in [0.1, 0.15) is 0 Å². The van der Waals surface area contributed by atoms with Gasteiger partial charge in [0.25, 0.3) is 0 Å². The normalized spacial score (nSPS) is 12.1. The summed E-state index contributed by atoms with van der Waals surface area (Å²) < 4.78 is 61.0. The van der Waals surface area contributed by atoms with Gasteiger partial charge in [-0.3, -0.25) is 9.59 Å². The summed E-state index contributed by atoms with van der Waals surface area (Å²) in [6.07, 6.45) is -5.97. The molecule has 3 N–H and O–H groups in total. The highest BCUT2D eigenvalue weighted by molar-refractivity contribution is 5.92. The fraction of sp³-hybridized carbons (Fsp3) is 0.273. The van der Waals surface area contributed by atoms with Crippen molar-refractivity contribution in [1.29, 1.82) is 0 Å². The van der Waals surface area contributed by atoms with Crippen molar-refractivity contribution in [3.8, 4) is 0 Å². The number of rotatable bonds is 4. The zero-order valence-electron chi connectivity index (χ0n) is 9.80. The smallest absolute Gasteiger partial charge is 0.366 e. The van der Waals surface area contributed by atoms with Crippen LogP contribution in [-0.2, 0) is 11.3 Å². The molecule has 1 rings (SSSR count). The van der Waals surface area contributed by atoms with Gasteiger partial charge in [0.05, 0.1) is 0 Å². The lowest BCUT2D eigenvalue weighted by Gasteiger charge is -2.18. The molecule has 2 amide bonds. The van der Waals surface area contributed by atoms with E-state index in [0.29, 0.717) is 0 Å². The summed E-state index contributed by atoms with van der Waals surface area (Å²) in [5.41, 5.74) is 5.17. The number of benzene rings is 1. The molecular formula is C11H9F5N2O2. The van der Waals surface area contributed by atoms with Gasteiger partial charge in [-0.15, -0.1) is 0 Å². The number of nitrogens with one attached hydrogen (secondary N) is 1. The van der Waals surface area contributed by atoms with Crippen molar-refractivity contribution in [2.24, 2.45) is 5.73 Å². The van der Waals surface area contributed by atoms with Crippen LogP contribution < -0.4 is 11.1 Å². The van der Waals surface area contributed by atoms with E-state index in [2.05, 4.69) is 0 Å². The van der Waals surface area contributed by atoms with E-state index in [1.165, 1.54) is 29.6 Å². The minimum atomic E-state index is -5.97. The third kappa shape index (κ3) is 3.43. The third-order valence-corrected chi connectivity index (χ3v) is 2.31. The number of alkyl halides is 5. The van der Waals surface area contributed by atoms with Gasteiger partial charge in [0.2, 0.25) is 5.91 Å². The van der Waals surface area contributed by atoms with Gasteiger partial charge < -0.3 is 11.1 Å². The van der Waals surface area contributed by atoms with Gasteiger partial charge in [0, 0.05) is 12.1 Å². The number of hydrogen-bond donors (Lipinski definition) is 2. The number of carbonyl (C=O) groups is 2. The predicted molar refractivity (Wildman–Crippen MR) is 57.8 cm³/mol. The maximum atomic E-state index is 12.6. The van der Waals surface area contributed by atoms with Gasteiger partial charge in [0.15, 0.2) is 0 Å². The van der Waals surface area contributed by atoms with Crippen LogP contribution in [0.2, 0.25) is 0 Å². The van der Waals surface area contributed by atoms with Crippen molar-refractivity contribution in [2.75, 3.05) is 0 Å². The van der Waals surface area contributed by atoms with E-state index in [-0.39, 0.29) is 11.1 Å². The Kier molecular flexibility index (Phi) is 4.31. The van der Waals surface area contributed by atoms with E-state index in [9.17, 15) is 31.5 Å². The second-order valence-corrected chi connectivity index (χ2v) is 3.82. The van der Waals surface area contributed by atoms with E-state index < -0.39 is 30.5 Å². The van der Waals surface area contributed by atoms with Crippen LogP contribution in [0.5, 0.6) is 0 Å². The fourth-order valence-corrected chi connectivity index (χ4v) is 1.26. The molecule has 0 aliphatic carbocycles. The van der Waals surface area contributed by atoms with Crippen molar-refractivity contribution in [3.63, 3.8) is 0 Å². The highest BCUT2D eigenvalue weighted by Crippen LogP contribution is 2.35. The quantitative estimate of drug-likeness (QED) is 0.828. The summed E-state index contributed by atoms with van der Waals surface area (Å²) >= 11 is 0. The molecule has 0 unspecified atom stereocenters. The summed E-state index contributed by atoms with van der Waals surface area (Å²) in [4.78, 5) is 21.7. The van der Waals surface area contributed by atoms with Crippen LogP contribution in [0.15, 0.2) is 24.3 Å². The number of carbonyl (C=O) groups excluding carboxylic acids is 2. The van der Waals surface area contributed by atoms with E-state index in [1.54, 1.807) is 0 Å². The maximum Gasteiger partial charge on any atom is 0.463 e. The minimum Gasteiger partial charge on any atom is -0.366 e. The van der Waals surface area contributed by atoms with Crippen LogP contribution in [0, 0.1) is 0 Å². The van der Waals surface area contributed by atoms with Crippen LogP contribution in [0.1, 0.15) is 15.9 Å². The Morgan fingerprint density at radius 2 is 1.75 bits per heavy atom. The van der Waals surface area contributed by atoms with Crippen molar-refractivity contribution < 1.29 is 31.5 Å². The summed E-state index contributed by atoms with van der Waals surface area (Å²) in [6.45, 7) is -0.592. The zero-order valence-corrected chi connectivity index (χ0v) is 9.80. The lowest BCUT2D eigenvalue weighted by molar-refractivity contribution is -0.269. The SMILES string of the molecule is NC(=O)c1cccc(CNC(=O)C(F)(F)C(F)(F)F)c1.